The zero-order chi connectivity index (χ0) is 15.2. The van der Waals surface area contributed by atoms with Gasteiger partial charge in [0.25, 0.3) is 0 Å². The Balaban J connectivity index is 1.84. The van der Waals surface area contributed by atoms with Crippen molar-refractivity contribution < 1.29 is 14.4 Å². The topological polar surface area (TPSA) is 59.9 Å². The summed E-state index contributed by atoms with van der Waals surface area (Å²) < 4.78 is 5.81. The summed E-state index contributed by atoms with van der Waals surface area (Å²) in [5.41, 5.74) is 1.72. The van der Waals surface area contributed by atoms with Gasteiger partial charge in [-0.3, -0.25) is 0 Å². The second-order valence-corrected chi connectivity index (χ2v) is 6.00. The van der Waals surface area contributed by atoms with Crippen LogP contribution in [-0.4, -0.2) is 31.1 Å². The number of nitrogens with zero attached hydrogens (tertiary/aromatic N) is 1. The van der Waals surface area contributed by atoms with Crippen molar-refractivity contribution in [1.82, 2.24) is 5.32 Å². The molecular formula is C14H16BrClN2O3. The quantitative estimate of drug-likeness (QED) is 0.853. The lowest BCUT2D eigenvalue weighted by Gasteiger charge is -2.10. The average Bonchev–Trinajstić information content (AvgIpc) is 2.90. The second kappa shape index (κ2) is 7.66. The number of hydrogen-bond acceptors (Lipinski definition) is 4. The maximum absolute atomic E-state index is 11.3. The average molecular weight is 376 g/mol. The number of alkyl carbamates (subject to hydrolysis) is 1. The molecule has 0 aliphatic carbocycles. The highest BCUT2D eigenvalue weighted by atomic mass is 79.9. The van der Waals surface area contributed by atoms with Crippen molar-refractivity contribution in [3.8, 4) is 0 Å². The van der Waals surface area contributed by atoms with Gasteiger partial charge in [0, 0.05) is 21.5 Å². The maximum atomic E-state index is 11.3. The molecule has 0 saturated heterocycles. The molecule has 1 unspecified atom stereocenters. The van der Waals surface area contributed by atoms with Gasteiger partial charge in [-0.25, -0.2) is 4.79 Å². The summed E-state index contributed by atoms with van der Waals surface area (Å²) in [6, 6.07) is 5.57. The van der Waals surface area contributed by atoms with E-state index in [0.29, 0.717) is 24.6 Å². The van der Waals surface area contributed by atoms with Gasteiger partial charge in [0.2, 0.25) is 0 Å². The van der Waals surface area contributed by atoms with E-state index >= 15 is 0 Å². The third kappa shape index (κ3) is 4.89. The highest BCUT2D eigenvalue weighted by Gasteiger charge is 2.23. The summed E-state index contributed by atoms with van der Waals surface area (Å²) in [4.78, 5) is 16.7. The van der Waals surface area contributed by atoms with Crippen molar-refractivity contribution in [2.45, 2.75) is 25.9 Å². The number of carbonyl (C=O) groups excluding carboxylic acids is 1. The van der Waals surface area contributed by atoms with Crippen molar-refractivity contribution in [3.05, 3.63) is 33.3 Å². The van der Waals surface area contributed by atoms with Crippen molar-refractivity contribution >= 4 is 39.3 Å². The van der Waals surface area contributed by atoms with Gasteiger partial charge >= 0.3 is 6.09 Å². The van der Waals surface area contributed by atoms with Crippen LogP contribution in [0.4, 0.5) is 4.79 Å². The van der Waals surface area contributed by atoms with Gasteiger partial charge in [-0.15, -0.1) is 0 Å². The Morgan fingerprint density at radius 3 is 3.10 bits per heavy atom. The van der Waals surface area contributed by atoms with Gasteiger partial charge < -0.3 is 14.9 Å². The summed E-state index contributed by atoms with van der Waals surface area (Å²) in [5, 5.41) is 7.35. The molecule has 1 aliphatic rings. The standard InChI is InChI=1S/C14H16BrClN2O3/c1-2-3-20-14(19)17-8-12-7-13(18-21-12)9-4-10(15)6-11(16)5-9/h4-6,12H,2-3,7-8H2,1H3,(H,17,19). The Hall–Kier alpha value is -1.27. The number of nitrogens with one attached hydrogen (secondary N) is 1. The van der Waals surface area contributed by atoms with E-state index in [1.54, 1.807) is 0 Å². The summed E-state index contributed by atoms with van der Waals surface area (Å²) in [7, 11) is 0. The fraction of sp³-hybridized carbons (Fsp3) is 0.429. The van der Waals surface area contributed by atoms with Crippen LogP contribution in [0.5, 0.6) is 0 Å². The van der Waals surface area contributed by atoms with E-state index in [1.807, 2.05) is 25.1 Å². The predicted molar refractivity (Wildman–Crippen MR) is 84.8 cm³/mol. The minimum atomic E-state index is -0.431. The predicted octanol–water partition coefficient (Wildman–Crippen LogP) is 3.73. The molecule has 2 rings (SSSR count). The van der Waals surface area contributed by atoms with Crippen LogP contribution < -0.4 is 5.32 Å². The highest BCUT2D eigenvalue weighted by molar-refractivity contribution is 9.10. The molecule has 0 fully saturated rings. The van der Waals surface area contributed by atoms with Crippen LogP contribution in [0.3, 0.4) is 0 Å². The van der Waals surface area contributed by atoms with Crippen LogP contribution in [0.1, 0.15) is 25.3 Å². The summed E-state index contributed by atoms with van der Waals surface area (Å²) in [5.74, 6) is 0. The lowest BCUT2D eigenvalue weighted by atomic mass is 10.1. The van der Waals surface area contributed by atoms with E-state index in [-0.39, 0.29) is 6.10 Å². The van der Waals surface area contributed by atoms with Crippen LogP contribution in [0.2, 0.25) is 5.02 Å². The van der Waals surface area contributed by atoms with E-state index in [4.69, 9.17) is 21.2 Å². The Kier molecular flexibility index (Phi) is 5.87. The highest BCUT2D eigenvalue weighted by Crippen LogP contribution is 2.23. The molecule has 5 nitrogen and oxygen atoms in total. The van der Waals surface area contributed by atoms with Crippen LogP contribution in [0, 0.1) is 0 Å². The zero-order valence-electron chi connectivity index (χ0n) is 11.6. The molecule has 1 heterocycles. The zero-order valence-corrected chi connectivity index (χ0v) is 13.9. The lowest BCUT2D eigenvalue weighted by molar-refractivity contribution is 0.0806. The van der Waals surface area contributed by atoms with Crippen molar-refractivity contribution in [2.24, 2.45) is 5.16 Å². The Bertz CT molecular complexity index is 531. The first-order valence-corrected chi connectivity index (χ1v) is 7.85. The van der Waals surface area contributed by atoms with Gasteiger partial charge in [-0.1, -0.05) is 39.6 Å². The number of amides is 1. The normalized spacial score (nSPS) is 17.1. The SMILES string of the molecule is CCCOC(=O)NCC1CC(c2cc(Cl)cc(Br)c2)=NO1. The molecule has 0 aromatic heterocycles. The smallest absolute Gasteiger partial charge is 0.407 e. The molecule has 1 aromatic carbocycles. The van der Waals surface area contributed by atoms with E-state index in [0.717, 1.165) is 22.2 Å². The summed E-state index contributed by atoms with van der Waals surface area (Å²) in [6.07, 6.45) is 0.789. The van der Waals surface area contributed by atoms with Gasteiger partial charge in [0.15, 0.2) is 6.10 Å². The van der Waals surface area contributed by atoms with E-state index in [1.165, 1.54) is 0 Å². The monoisotopic (exact) mass is 374 g/mol. The first-order chi connectivity index (χ1) is 10.1. The minimum absolute atomic E-state index is 0.188. The molecule has 1 aliphatic heterocycles. The fourth-order valence-corrected chi connectivity index (χ4v) is 2.73. The van der Waals surface area contributed by atoms with E-state index < -0.39 is 6.09 Å². The molecule has 7 heteroatoms. The van der Waals surface area contributed by atoms with Crippen molar-refractivity contribution in [2.75, 3.05) is 13.2 Å². The Labute approximate surface area is 136 Å². The van der Waals surface area contributed by atoms with Crippen molar-refractivity contribution in [1.29, 1.82) is 0 Å². The lowest BCUT2D eigenvalue weighted by Crippen LogP contribution is -2.32. The maximum Gasteiger partial charge on any atom is 0.407 e. The molecule has 21 heavy (non-hydrogen) atoms. The minimum Gasteiger partial charge on any atom is -0.450 e. The van der Waals surface area contributed by atoms with Gasteiger partial charge in [0.1, 0.15) is 0 Å². The van der Waals surface area contributed by atoms with Crippen molar-refractivity contribution in [3.63, 3.8) is 0 Å². The molecule has 0 radical (unpaired) electrons. The van der Waals surface area contributed by atoms with Gasteiger partial charge in [-0.2, -0.15) is 0 Å². The van der Waals surface area contributed by atoms with Gasteiger partial charge in [0.05, 0.1) is 18.9 Å². The van der Waals surface area contributed by atoms with E-state index in [9.17, 15) is 4.79 Å². The largest absolute Gasteiger partial charge is 0.450 e. The fourth-order valence-electron chi connectivity index (χ4n) is 1.87. The molecule has 0 bridgehead atoms. The summed E-state index contributed by atoms with van der Waals surface area (Å²) in [6.45, 7) is 2.71. The number of rotatable bonds is 5. The number of ether oxygens (including phenoxy) is 1. The second-order valence-electron chi connectivity index (χ2n) is 4.64. The number of hydrogen-bond donors (Lipinski definition) is 1. The first-order valence-electron chi connectivity index (χ1n) is 6.68. The van der Waals surface area contributed by atoms with Crippen LogP contribution in [0.15, 0.2) is 27.8 Å². The molecule has 1 aromatic rings. The molecule has 1 amide bonds. The molecule has 1 atom stereocenters. The number of halogens is 2. The van der Waals surface area contributed by atoms with E-state index in [2.05, 4.69) is 26.4 Å². The van der Waals surface area contributed by atoms with Crippen LogP contribution >= 0.6 is 27.5 Å². The number of oxime groups is 1. The molecule has 0 saturated carbocycles. The molecule has 114 valence electrons. The van der Waals surface area contributed by atoms with Gasteiger partial charge in [-0.05, 0) is 24.6 Å². The Morgan fingerprint density at radius 2 is 2.38 bits per heavy atom. The van der Waals surface area contributed by atoms with Crippen LogP contribution in [0.25, 0.3) is 0 Å². The third-order valence-corrected chi connectivity index (χ3v) is 3.52. The molecular weight excluding hydrogens is 360 g/mol. The third-order valence-electron chi connectivity index (χ3n) is 2.84. The molecule has 1 N–H and O–H groups in total. The first kappa shape index (κ1) is 16.1. The molecule has 0 spiro atoms. The number of carbonyl (C=O) groups is 1. The number of benzene rings is 1. The summed E-state index contributed by atoms with van der Waals surface area (Å²) >= 11 is 9.41. The van der Waals surface area contributed by atoms with Crippen LogP contribution in [-0.2, 0) is 9.57 Å². The Morgan fingerprint density at radius 1 is 1.57 bits per heavy atom.